The van der Waals surface area contributed by atoms with Crippen molar-refractivity contribution >= 4 is 38.5 Å². The lowest BCUT2D eigenvalue weighted by Gasteiger charge is -2.15. The molecule has 204 valence electrons. The van der Waals surface area contributed by atoms with Crippen LogP contribution in [0.2, 0.25) is 0 Å². The van der Waals surface area contributed by atoms with Crippen LogP contribution in [0.1, 0.15) is 70.8 Å². The number of aromatic nitrogens is 4. The third-order valence-corrected chi connectivity index (χ3v) is 7.23. The van der Waals surface area contributed by atoms with E-state index in [1.165, 1.54) is 44.9 Å². The van der Waals surface area contributed by atoms with E-state index in [1.807, 2.05) is 4.57 Å². The molecule has 0 spiro atoms. The topological polar surface area (TPSA) is 88.1 Å². The Morgan fingerprint density at radius 2 is 1.49 bits per heavy atom. The zero-order chi connectivity index (χ0) is 27.0. The van der Waals surface area contributed by atoms with E-state index in [0.717, 1.165) is 63.7 Å². The number of nitrogens with zero attached hydrogens (tertiary/aromatic N) is 4. The summed E-state index contributed by atoms with van der Waals surface area (Å²) in [4.78, 5) is 12.9. The summed E-state index contributed by atoms with van der Waals surface area (Å²) in [6, 6.07) is 15.2. The Balaban J connectivity index is 1.49. The quantitative estimate of drug-likeness (QED) is 0.118. The molecule has 0 saturated heterocycles. The van der Waals surface area contributed by atoms with Crippen molar-refractivity contribution in [2.45, 2.75) is 71.8 Å². The van der Waals surface area contributed by atoms with E-state index in [-0.39, 0.29) is 0 Å². The van der Waals surface area contributed by atoms with Crippen LogP contribution in [0, 0.1) is 0 Å². The number of imidazole rings is 1. The molecule has 7 heteroatoms. The van der Waals surface area contributed by atoms with Crippen molar-refractivity contribution in [1.29, 1.82) is 0 Å². The Morgan fingerprint density at radius 3 is 2.26 bits per heavy atom. The summed E-state index contributed by atoms with van der Waals surface area (Å²) in [6.45, 7) is 6.50. The summed E-state index contributed by atoms with van der Waals surface area (Å²) < 4.78 is 14.7. The third-order valence-electron chi connectivity index (χ3n) is 7.23. The average molecular weight is 526 g/mol. The molecule has 39 heavy (non-hydrogen) atoms. The standard InChI is InChI=1S/C32H39N5O2/c1-3-5-7-9-14-38-28-13-11-12-24-18-25-16-23(20-37-22-36-30-31(33)34-21-35-32(30)37)17-29(27(25)19-26(24)28)39-15-10-8-6-4-2/h11-13,16-19,21-22H,3-10,14-15,20H2,1-2H3,(H2,33,34,35). The number of hydrogen-bond donors (Lipinski definition) is 1. The number of nitrogens with two attached hydrogens (primary N) is 1. The van der Waals surface area contributed by atoms with Crippen LogP contribution in [0.15, 0.2) is 55.1 Å². The van der Waals surface area contributed by atoms with E-state index in [4.69, 9.17) is 15.2 Å². The van der Waals surface area contributed by atoms with Gasteiger partial charge < -0.3 is 19.8 Å². The van der Waals surface area contributed by atoms with Crippen molar-refractivity contribution in [2.75, 3.05) is 18.9 Å². The van der Waals surface area contributed by atoms with Gasteiger partial charge >= 0.3 is 0 Å². The molecule has 0 unspecified atom stereocenters. The minimum Gasteiger partial charge on any atom is -0.493 e. The van der Waals surface area contributed by atoms with Crippen LogP contribution >= 0.6 is 0 Å². The smallest absolute Gasteiger partial charge is 0.165 e. The highest BCUT2D eigenvalue weighted by Crippen LogP contribution is 2.36. The van der Waals surface area contributed by atoms with Gasteiger partial charge in [-0.05, 0) is 59.5 Å². The molecule has 5 rings (SSSR count). The molecule has 0 aliphatic rings. The monoisotopic (exact) mass is 525 g/mol. The molecule has 0 fully saturated rings. The Labute approximate surface area is 230 Å². The molecular weight excluding hydrogens is 486 g/mol. The molecule has 0 aliphatic carbocycles. The molecule has 0 aliphatic heterocycles. The predicted octanol–water partition coefficient (Wildman–Crippen LogP) is 7.68. The van der Waals surface area contributed by atoms with E-state index >= 15 is 0 Å². The minimum absolute atomic E-state index is 0.392. The van der Waals surface area contributed by atoms with Gasteiger partial charge in [0.05, 0.1) is 26.1 Å². The van der Waals surface area contributed by atoms with Gasteiger partial charge in [-0.15, -0.1) is 0 Å². The van der Waals surface area contributed by atoms with E-state index < -0.39 is 0 Å². The first-order chi connectivity index (χ1) is 19.2. The fourth-order valence-electron chi connectivity index (χ4n) is 5.10. The van der Waals surface area contributed by atoms with Crippen molar-refractivity contribution in [3.63, 3.8) is 0 Å². The van der Waals surface area contributed by atoms with Crippen molar-refractivity contribution < 1.29 is 9.47 Å². The van der Waals surface area contributed by atoms with Crippen LogP contribution in [-0.4, -0.2) is 32.7 Å². The molecule has 7 nitrogen and oxygen atoms in total. The van der Waals surface area contributed by atoms with Crippen LogP contribution in [0.4, 0.5) is 5.82 Å². The number of unbranched alkanes of at least 4 members (excludes halogenated alkanes) is 6. The number of anilines is 1. The molecule has 2 heterocycles. The van der Waals surface area contributed by atoms with E-state index in [0.29, 0.717) is 24.5 Å². The number of benzene rings is 3. The van der Waals surface area contributed by atoms with Crippen molar-refractivity contribution in [3.05, 3.63) is 60.7 Å². The average Bonchev–Trinajstić information content (AvgIpc) is 3.35. The zero-order valence-corrected chi connectivity index (χ0v) is 23.2. The summed E-state index contributed by atoms with van der Waals surface area (Å²) in [5, 5.41) is 4.53. The second-order valence-electron chi connectivity index (χ2n) is 10.3. The Morgan fingerprint density at radius 1 is 0.744 bits per heavy atom. The van der Waals surface area contributed by atoms with Gasteiger partial charge in [-0.25, -0.2) is 15.0 Å². The summed E-state index contributed by atoms with van der Waals surface area (Å²) in [7, 11) is 0. The van der Waals surface area contributed by atoms with Crippen LogP contribution < -0.4 is 15.2 Å². The fourth-order valence-corrected chi connectivity index (χ4v) is 5.10. The van der Waals surface area contributed by atoms with Crippen LogP contribution in [-0.2, 0) is 6.54 Å². The van der Waals surface area contributed by atoms with Gasteiger partial charge in [0.2, 0.25) is 0 Å². The number of rotatable bonds is 14. The van der Waals surface area contributed by atoms with Gasteiger partial charge in [0.1, 0.15) is 23.3 Å². The molecular formula is C32H39N5O2. The lowest BCUT2D eigenvalue weighted by molar-refractivity contribution is 0.308. The molecule has 5 aromatic rings. The first-order valence-corrected chi connectivity index (χ1v) is 14.3. The SMILES string of the molecule is CCCCCCOc1cccc2cc3cc(Cn4cnc5c(N)ncnc54)cc(OCCCCCC)c3cc12. The van der Waals surface area contributed by atoms with Gasteiger partial charge in [-0.1, -0.05) is 64.5 Å². The van der Waals surface area contributed by atoms with Gasteiger partial charge in [0, 0.05) is 10.8 Å². The molecule has 0 saturated carbocycles. The largest absolute Gasteiger partial charge is 0.493 e. The number of ether oxygens (including phenoxy) is 2. The minimum atomic E-state index is 0.392. The van der Waals surface area contributed by atoms with E-state index in [9.17, 15) is 0 Å². The van der Waals surface area contributed by atoms with E-state index in [2.05, 4.69) is 71.3 Å². The number of nitrogen functional groups attached to an aromatic ring is 1. The summed E-state index contributed by atoms with van der Waals surface area (Å²) in [6.07, 6.45) is 12.7. The highest BCUT2D eigenvalue weighted by Gasteiger charge is 2.13. The first-order valence-electron chi connectivity index (χ1n) is 14.3. The van der Waals surface area contributed by atoms with Crippen molar-refractivity contribution in [3.8, 4) is 11.5 Å². The lowest BCUT2D eigenvalue weighted by Crippen LogP contribution is -2.03. The highest BCUT2D eigenvalue weighted by molar-refractivity contribution is 6.03. The zero-order valence-electron chi connectivity index (χ0n) is 23.2. The Hall–Kier alpha value is -3.87. The van der Waals surface area contributed by atoms with Gasteiger partial charge in [-0.3, -0.25) is 0 Å². The number of hydrogen-bond acceptors (Lipinski definition) is 6. The highest BCUT2D eigenvalue weighted by atomic mass is 16.5. The van der Waals surface area contributed by atoms with Gasteiger partial charge in [0.25, 0.3) is 0 Å². The van der Waals surface area contributed by atoms with Crippen molar-refractivity contribution in [1.82, 2.24) is 19.5 Å². The third kappa shape index (κ3) is 6.24. The maximum atomic E-state index is 6.44. The second kappa shape index (κ2) is 12.8. The first kappa shape index (κ1) is 26.7. The molecule has 0 amide bonds. The van der Waals surface area contributed by atoms with Crippen LogP contribution in [0.3, 0.4) is 0 Å². The molecule has 0 atom stereocenters. The normalized spacial score (nSPS) is 11.5. The molecule has 0 radical (unpaired) electrons. The molecule has 2 N–H and O–H groups in total. The molecule has 0 bridgehead atoms. The Bertz CT molecular complexity index is 1540. The van der Waals surface area contributed by atoms with Crippen molar-refractivity contribution in [2.24, 2.45) is 0 Å². The molecule has 3 aromatic carbocycles. The van der Waals surface area contributed by atoms with E-state index in [1.54, 1.807) is 6.33 Å². The fraction of sp³-hybridized carbons (Fsp3) is 0.406. The Kier molecular flexibility index (Phi) is 8.76. The van der Waals surface area contributed by atoms with Gasteiger partial charge in [0.15, 0.2) is 11.5 Å². The maximum Gasteiger partial charge on any atom is 0.165 e. The second-order valence-corrected chi connectivity index (χ2v) is 10.3. The molecule has 2 aromatic heterocycles. The predicted molar refractivity (Wildman–Crippen MR) is 160 cm³/mol. The van der Waals surface area contributed by atoms with Gasteiger partial charge in [-0.2, -0.15) is 0 Å². The van der Waals surface area contributed by atoms with Crippen LogP contribution in [0.5, 0.6) is 11.5 Å². The van der Waals surface area contributed by atoms with Crippen LogP contribution in [0.25, 0.3) is 32.7 Å². The summed E-state index contributed by atoms with van der Waals surface area (Å²) in [5.41, 5.74) is 8.48. The number of fused-ring (bicyclic) bond motifs is 3. The lowest BCUT2D eigenvalue weighted by atomic mass is 10.00. The summed E-state index contributed by atoms with van der Waals surface area (Å²) in [5.74, 6) is 2.23. The summed E-state index contributed by atoms with van der Waals surface area (Å²) >= 11 is 0. The maximum absolute atomic E-state index is 6.44.